The van der Waals surface area contributed by atoms with E-state index >= 15 is 0 Å². The Kier molecular flexibility index (Phi) is 3.27. The van der Waals surface area contributed by atoms with Gasteiger partial charge in [0.15, 0.2) is 0 Å². The maximum atomic E-state index is 11.7. The number of carbonyl (C=O) groups is 1. The lowest BCUT2D eigenvalue weighted by molar-refractivity contribution is 0.0526. The van der Waals surface area contributed by atoms with Crippen LogP contribution in [0.2, 0.25) is 0 Å². The molecule has 0 atom stereocenters. The number of rotatable bonds is 3. The number of hydrogen-bond donors (Lipinski definition) is 1. The molecular formula is C15H14N4O2. The van der Waals surface area contributed by atoms with Crippen LogP contribution in [-0.2, 0) is 4.74 Å². The molecule has 0 bridgehead atoms. The molecule has 106 valence electrons. The van der Waals surface area contributed by atoms with Crippen LogP contribution in [-0.4, -0.2) is 27.3 Å². The average molecular weight is 282 g/mol. The maximum Gasteiger partial charge on any atom is 0.341 e. The topological polar surface area (TPSA) is 83.0 Å². The van der Waals surface area contributed by atoms with Gasteiger partial charge in [0, 0.05) is 23.5 Å². The van der Waals surface area contributed by atoms with E-state index in [9.17, 15) is 4.79 Å². The Morgan fingerprint density at radius 2 is 2.24 bits per heavy atom. The number of ether oxygens (including phenoxy) is 1. The van der Waals surface area contributed by atoms with Crippen LogP contribution in [0.3, 0.4) is 0 Å². The van der Waals surface area contributed by atoms with Crippen LogP contribution in [0.25, 0.3) is 16.6 Å². The van der Waals surface area contributed by atoms with Gasteiger partial charge in [0.2, 0.25) is 0 Å². The highest BCUT2D eigenvalue weighted by Gasteiger charge is 2.12. The number of carbonyl (C=O) groups excluding carboxylic acids is 1. The van der Waals surface area contributed by atoms with E-state index in [0.29, 0.717) is 17.9 Å². The van der Waals surface area contributed by atoms with Gasteiger partial charge in [-0.25, -0.2) is 9.48 Å². The van der Waals surface area contributed by atoms with Gasteiger partial charge in [-0.2, -0.15) is 5.10 Å². The molecule has 6 heteroatoms. The lowest BCUT2D eigenvalue weighted by atomic mass is 10.1. The van der Waals surface area contributed by atoms with Crippen molar-refractivity contribution >= 4 is 22.6 Å². The fourth-order valence-corrected chi connectivity index (χ4v) is 2.14. The highest BCUT2D eigenvalue weighted by atomic mass is 16.5. The minimum atomic E-state index is -0.392. The van der Waals surface area contributed by atoms with Crippen molar-refractivity contribution in [1.82, 2.24) is 14.8 Å². The standard InChI is InChI=1S/C15H14N4O2/c1-2-21-15(20)10-8-18-19(9-10)13-6-5-12(16)11-4-3-7-17-14(11)13/h3-9H,2,16H2,1H3. The third-order valence-corrected chi connectivity index (χ3v) is 3.12. The summed E-state index contributed by atoms with van der Waals surface area (Å²) in [6, 6.07) is 7.35. The molecule has 0 aliphatic rings. The third-order valence-electron chi connectivity index (χ3n) is 3.12. The number of pyridine rings is 1. The van der Waals surface area contributed by atoms with E-state index < -0.39 is 5.97 Å². The number of nitrogens with zero attached hydrogens (tertiary/aromatic N) is 3. The molecule has 2 N–H and O–H groups in total. The van der Waals surface area contributed by atoms with Crippen LogP contribution in [0.1, 0.15) is 17.3 Å². The molecule has 0 spiro atoms. The zero-order chi connectivity index (χ0) is 14.8. The van der Waals surface area contributed by atoms with Crippen LogP contribution >= 0.6 is 0 Å². The Morgan fingerprint density at radius 3 is 3.05 bits per heavy atom. The van der Waals surface area contributed by atoms with Gasteiger partial charge >= 0.3 is 5.97 Å². The molecule has 0 aliphatic carbocycles. The van der Waals surface area contributed by atoms with E-state index in [4.69, 9.17) is 10.5 Å². The summed E-state index contributed by atoms with van der Waals surface area (Å²) in [5.74, 6) is -0.392. The van der Waals surface area contributed by atoms with Crippen molar-refractivity contribution in [3.05, 3.63) is 48.4 Å². The van der Waals surface area contributed by atoms with Gasteiger partial charge in [-0.3, -0.25) is 4.98 Å². The Hall–Kier alpha value is -2.89. The second-order valence-corrected chi connectivity index (χ2v) is 4.47. The second kappa shape index (κ2) is 5.24. The minimum absolute atomic E-state index is 0.330. The number of hydrogen-bond acceptors (Lipinski definition) is 5. The summed E-state index contributed by atoms with van der Waals surface area (Å²) in [6.45, 7) is 2.09. The van der Waals surface area contributed by atoms with E-state index in [1.807, 2.05) is 18.2 Å². The van der Waals surface area contributed by atoms with Crippen molar-refractivity contribution in [3.8, 4) is 5.69 Å². The molecule has 0 radical (unpaired) electrons. The molecule has 1 aromatic carbocycles. The first kappa shape index (κ1) is 13.1. The molecule has 0 amide bonds. The minimum Gasteiger partial charge on any atom is -0.462 e. The number of aromatic nitrogens is 3. The lowest BCUT2D eigenvalue weighted by Gasteiger charge is -2.07. The van der Waals surface area contributed by atoms with Crippen molar-refractivity contribution in [2.45, 2.75) is 6.92 Å². The molecule has 0 saturated heterocycles. The van der Waals surface area contributed by atoms with E-state index in [1.165, 1.54) is 6.20 Å². The van der Waals surface area contributed by atoms with Crippen LogP contribution in [0.15, 0.2) is 42.9 Å². The molecule has 21 heavy (non-hydrogen) atoms. The van der Waals surface area contributed by atoms with Gasteiger partial charge < -0.3 is 10.5 Å². The van der Waals surface area contributed by atoms with Crippen molar-refractivity contribution in [2.24, 2.45) is 0 Å². The van der Waals surface area contributed by atoms with E-state index in [-0.39, 0.29) is 0 Å². The largest absolute Gasteiger partial charge is 0.462 e. The summed E-state index contributed by atoms with van der Waals surface area (Å²) in [6.07, 6.45) is 4.79. The molecule has 0 fully saturated rings. The molecule has 3 rings (SSSR count). The van der Waals surface area contributed by atoms with Gasteiger partial charge in [-0.05, 0) is 31.2 Å². The molecule has 0 unspecified atom stereocenters. The number of fused-ring (bicyclic) bond motifs is 1. The predicted octanol–water partition coefficient (Wildman–Crippen LogP) is 2.18. The highest BCUT2D eigenvalue weighted by Crippen LogP contribution is 2.25. The van der Waals surface area contributed by atoms with Gasteiger partial charge in [0.25, 0.3) is 0 Å². The van der Waals surface area contributed by atoms with Crippen LogP contribution in [0.5, 0.6) is 0 Å². The zero-order valence-electron chi connectivity index (χ0n) is 11.5. The number of nitrogens with two attached hydrogens (primary N) is 1. The summed E-state index contributed by atoms with van der Waals surface area (Å²) in [7, 11) is 0. The van der Waals surface area contributed by atoms with Crippen LogP contribution in [0.4, 0.5) is 5.69 Å². The molecule has 0 aliphatic heterocycles. The van der Waals surface area contributed by atoms with Crippen LogP contribution < -0.4 is 5.73 Å². The maximum absolute atomic E-state index is 11.7. The van der Waals surface area contributed by atoms with Gasteiger partial charge in [-0.15, -0.1) is 0 Å². The first-order valence-electron chi connectivity index (χ1n) is 6.56. The number of esters is 1. The molecule has 6 nitrogen and oxygen atoms in total. The summed E-state index contributed by atoms with van der Waals surface area (Å²) in [5.41, 5.74) is 8.50. The first-order valence-corrected chi connectivity index (χ1v) is 6.56. The van der Waals surface area contributed by atoms with Gasteiger partial charge in [0.05, 0.1) is 29.6 Å². The number of anilines is 1. The molecule has 2 heterocycles. The normalized spacial score (nSPS) is 10.7. The monoisotopic (exact) mass is 282 g/mol. The number of benzene rings is 1. The summed E-state index contributed by atoms with van der Waals surface area (Å²) < 4.78 is 6.55. The predicted molar refractivity (Wildman–Crippen MR) is 79.2 cm³/mol. The molecule has 2 aromatic heterocycles. The fourth-order valence-electron chi connectivity index (χ4n) is 2.14. The summed E-state index contributed by atoms with van der Waals surface area (Å²) in [4.78, 5) is 16.0. The van der Waals surface area contributed by atoms with E-state index in [0.717, 1.165) is 16.6 Å². The molecule has 3 aromatic rings. The smallest absolute Gasteiger partial charge is 0.341 e. The van der Waals surface area contributed by atoms with Crippen molar-refractivity contribution < 1.29 is 9.53 Å². The Labute approximate surface area is 121 Å². The van der Waals surface area contributed by atoms with E-state index in [2.05, 4.69) is 10.1 Å². The second-order valence-electron chi connectivity index (χ2n) is 4.47. The molecule has 0 saturated carbocycles. The Balaban J connectivity index is 2.09. The fraction of sp³-hybridized carbons (Fsp3) is 0.133. The van der Waals surface area contributed by atoms with Gasteiger partial charge in [-0.1, -0.05) is 0 Å². The SMILES string of the molecule is CCOC(=O)c1cnn(-c2ccc(N)c3cccnc23)c1. The summed E-state index contributed by atoms with van der Waals surface area (Å²) in [5, 5.41) is 5.05. The highest BCUT2D eigenvalue weighted by molar-refractivity contribution is 5.95. The third kappa shape index (κ3) is 2.31. The quantitative estimate of drug-likeness (QED) is 0.588. The zero-order valence-corrected chi connectivity index (χ0v) is 11.5. The van der Waals surface area contributed by atoms with Crippen LogP contribution in [0, 0.1) is 0 Å². The Morgan fingerprint density at radius 1 is 1.38 bits per heavy atom. The lowest BCUT2D eigenvalue weighted by Crippen LogP contribution is -2.03. The summed E-state index contributed by atoms with van der Waals surface area (Å²) >= 11 is 0. The number of nitrogen functional groups attached to an aromatic ring is 1. The Bertz CT molecular complexity index is 810. The van der Waals surface area contributed by atoms with Crippen molar-refractivity contribution in [2.75, 3.05) is 12.3 Å². The van der Waals surface area contributed by atoms with Crippen molar-refractivity contribution in [1.29, 1.82) is 0 Å². The average Bonchev–Trinajstić information content (AvgIpc) is 2.98. The van der Waals surface area contributed by atoms with Crippen molar-refractivity contribution in [3.63, 3.8) is 0 Å². The van der Waals surface area contributed by atoms with Gasteiger partial charge in [0.1, 0.15) is 0 Å². The van der Waals surface area contributed by atoms with E-state index in [1.54, 1.807) is 30.1 Å². The molecular weight excluding hydrogens is 268 g/mol. The first-order chi connectivity index (χ1) is 10.2.